The number of rotatable bonds is 4. The lowest BCUT2D eigenvalue weighted by Crippen LogP contribution is -2.01. The van der Waals surface area contributed by atoms with E-state index < -0.39 is 0 Å². The van der Waals surface area contributed by atoms with Crippen molar-refractivity contribution in [3.63, 3.8) is 0 Å². The average Bonchev–Trinajstić information content (AvgIpc) is 2.09. The second kappa shape index (κ2) is 5.13. The zero-order valence-electron chi connectivity index (χ0n) is 8.23. The number of unbranched alkanes of at least 4 members (excludes halogenated alkanes) is 1. The summed E-state index contributed by atoms with van der Waals surface area (Å²) in [5, 5.41) is 4.19. The van der Waals surface area contributed by atoms with Crippen molar-refractivity contribution in [2.75, 3.05) is 11.9 Å². The van der Waals surface area contributed by atoms with Gasteiger partial charge in [0.05, 0.1) is 0 Å². The molecule has 0 fully saturated rings. The summed E-state index contributed by atoms with van der Waals surface area (Å²) in [7, 11) is 0. The Morgan fingerprint density at radius 2 is 2.15 bits per heavy atom. The van der Waals surface area contributed by atoms with Crippen LogP contribution in [0.5, 0.6) is 0 Å². The van der Waals surface area contributed by atoms with Crippen LogP contribution in [0.15, 0.2) is 18.2 Å². The monoisotopic (exact) mass is 197 g/mol. The molecule has 0 unspecified atom stereocenters. The Balaban J connectivity index is 2.56. The average molecular weight is 198 g/mol. The molecule has 0 aromatic heterocycles. The van der Waals surface area contributed by atoms with Crippen LogP contribution in [0.2, 0.25) is 5.02 Å². The summed E-state index contributed by atoms with van der Waals surface area (Å²) in [4.78, 5) is 0. The van der Waals surface area contributed by atoms with E-state index in [0.29, 0.717) is 0 Å². The third kappa shape index (κ3) is 3.27. The van der Waals surface area contributed by atoms with Gasteiger partial charge in [-0.15, -0.1) is 0 Å². The van der Waals surface area contributed by atoms with Gasteiger partial charge in [-0.25, -0.2) is 0 Å². The second-order valence-electron chi connectivity index (χ2n) is 3.24. The van der Waals surface area contributed by atoms with E-state index in [1.165, 1.54) is 24.1 Å². The van der Waals surface area contributed by atoms with Gasteiger partial charge >= 0.3 is 0 Å². The summed E-state index contributed by atoms with van der Waals surface area (Å²) in [5.74, 6) is 0. The number of halogens is 1. The van der Waals surface area contributed by atoms with Crippen molar-refractivity contribution in [2.45, 2.75) is 26.7 Å². The van der Waals surface area contributed by atoms with Gasteiger partial charge in [-0.05, 0) is 37.1 Å². The van der Waals surface area contributed by atoms with Crippen LogP contribution in [0.3, 0.4) is 0 Å². The SMILES string of the molecule is CCCCNc1ccc(Cl)cc1C. The molecule has 1 rings (SSSR count). The molecule has 1 nitrogen and oxygen atoms in total. The van der Waals surface area contributed by atoms with Gasteiger partial charge in [-0.1, -0.05) is 24.9 Å². The molecule has 0 saturated heterocycles. The third-order valence-corrected chi connectivity index (χ3v) is 2.27. The van der Waals surface area contributed by atoms with E-state index in [1.54, 1.807) is 0 Å². The van der Waals surface area contributed by atoms with Crippen LogP contribution in [0.1, 0.15) is 25.3 Å². The lowest BCUT2D eigenvalue weighted by molar-refractivity contribution is 0.833. The van der Waals surface area contributed by atoms with Crippen molar-refractivity contribution >= 4 is 17.3 Å². The fourth-order valence-electron chi connectivity index (χ4n) is 1.23. The first kappa shape index (κ1) is 10.4. The van der Waals surface area contributed by atoms with Gasteiger partial charge in [-0.3, -0.25) is 0 Å². The molecule has 0 saturated carbocycles. The molecule has 0 aliphatic heterocycles. The highest BCUT2D eigenvalue weighted by Gasteiger charge is 1.96. The minimum absolute atomic E-state index is 0.804. The number of hydrogen-bond donors (Lipinski definition) is 1. The molecule has 0 bridgehead atoms. The maximum atomic E-state index is 5.85. The maximum absolute atomic E-state index is 5.85. The van der Waals surface area contributed by atoms with Gasteiger partial charge in [0.15, 0.2) is 0 Å². The van der Waals surface area contributed by atoms with E-state index >= 15 is 0 Å². The van der Waals surface area contributed by atoms with Gasteiger partial charge in [0.2, 0.25) is 0 Å². The predicted molar refractivity (Wildman–Crippen MR) is 59.6 cm³/mol. The van der Waals surface area contributed by atoms with Crippen molar-refractivity contribution in [1.82, 2.24) is 0 Å². The highest BCUT2D eigenvalue weighted by molar-refractivity contribution is 6.30. The van der Waals surface area contributed by atoms with Crippen LogP contribution in [-0.2, 0) is 0 Å². The molecule has 1 aromatic carbocycles. The minimum atomic E-state index is 0.804. The van der Waals surface area contributed by atoms with Gasteiger partial charge in [0.25, 0.3) is 0 Å². The lowest BCUT2D eigenvalue weighted by Gasteiger charge is -2.08. The molecule has 2 heteroatoms. The largest absolute Gasteiger partial charge is 0.385 e. The molecule has 1 N–H and O–H groups in total. The van der Waals surface area contributed by atoms with E-state index in [-0.39, 0.29) is 0 Å². The topological polar surface area (TPSA) is 12.0 Å². The summed E-state index contributed by atoms with van der Waals surface area (Å²) in [5.41, 5.74) is 2.40. The molecule has 0 heterocycles. The molecular weight excluding hydrogens is 182 g/mol. The normalized spacial score (nSPS) is 10.1. The van der Waals surface area contributed by atoms with Crippen molar-refractivity contribution in [2.24, 2.45) is 0 Å². The quantitative estimate of drug-likeness (QED) is 0.723. The smallest absolute Gasteiger partial charge is 0.0410 e. The first-order chi connectivity index (χ1) is 6.24. The van der Waals surface area contributed by atoms with Gasteiger partial charge < -0.3 is 5.32 Å². The van der Waals surface area contributed by atoms with Crippen LogP contribution in [0.4, 0.5) is 5.69 Å². The fraction of sp³-hybridized carbons (Fsp3) is 0.455. The molecule has 13 heavy (non-hydrogen) atoms. The van der Waals surface area contributed by atoms with Gasteiger partial charge in [-0.2, -0.15) is 0 Å². The summed E-state index contributed by atoms with van der Waals surface area (Å²) in [6, 6.07) is 5.94. The number of aryl methyl sites for hydroxylation is 1. The second-order valence-corrected chi connectivity index (χ2v) is 3.68. The molecule has 72 valence electrons. The predicted octanol–water partition coefficient (Wildman–Crippen LogP) is 3.86. The Bertz CT molecular complexity index is 271. The van der Waals surface area contributed by atoms with E-state index in [1.807, 2.05) is 18.2 Å². The molecule has 0 aliphatic rings. The zero-order chi connectivity index (χ0) is 9.68. The first-order valence-corrected chi connectivity index (χ1v) is 5.12. The molecule has 0 amide bonds. The Labute approximate surface area is 85.1 Å². The Hall–Kier alpha value is -0.690. The molecule has 1 aromatic rings. The van der Waals surface area contributed by atoms with Gasteiger partial charge in [0, 0.05) is 17.3 Å². The lowest BCUT2D eigenvalue weighted by atomic mass is 10.2. The highest BCUT2D eigenvalue weighted by Crippen LogP contribution is 2.19. The van der Waals surface area contributed by atoms with Crippen LogP contribution in [-0.4, -0.2) is 6.54 Å². The third-order valence-electron chi connectivity index (χ3n) is 2.03. The summed E-state index contributed by atoms with van der Waals surface area (Å²) in [6.07, 6.45) is 2.43. The van der Waals surface area contributed by atoms with Crippen LogP contribution < -0.4 is 5.32 Å². The van der Waals surface area contributed by atoms with Gasteiger partial charge in [0.1, 0.15) is 0 Å². The molecule has 0 atom stereocenters. The minimum Gasteiger partial charge on any atom is -0.385 e. The number of nitrogens with one attached hydrogen (secondary N) is 1. The standard InChI is InChI=1S/C11H16ClN/c1-3-4-7-13-11-6-5-10(12)8-9(11)2/h5-6,8,13H,3-4,7H2,1-2H3. The summed E-state index contributed by atoms with van der Waals surface area (Å²) >= 11 is 5.85. The number of benzene rings is 1. The van der Waals surface area contributed by atoms with E-state index in [4.69, 9.17) is 11.6 Å². The van der Waals surface area contributed by atoms with Crippen LogP contribution >= 0.6 is 11.6 Å². The van der Waals surface area contributed by atoms with Crippen molar-refractivity contribution in [3.8, 4) is 0 Å². The summed E-state index contributed by atoms with van der Waals surface area (Å²) < 4.78 is 0. The Morgan fingerprint density at radius 1 is 1.38 bits per heavy atom. The Morgan fingerprint density at radius 3 is 2.77 bits per heavy atom. The highest BCUT2D eigenvalue weighted by atomic mass is 35.5. The zero-order valence-corrected chi connectivity index (χ0v) is 8.99. The van der Waals surface area contributed by atoms with Crippen molar-refractivity contribution < 1.29 is 0 Å². The fourth-order valence-corrected chi connectivity index (χ4v) is 1.45. The Kier molecular flexibility index (Phi) is 4.10. The van der Waals surface area contributed by atoms with Crippen molar-refractivity contribution in [1.29, 1.82) is 0 Å². The molecular formula is C11H16ClN. The van der Waals surface area contributed by atoms with Crippen LogP contribution in [0.25, 0.3) is 0 Å². The van der Waals surface area contributed by atoms with Crippen LogP contribution in [0, 0.1) is 6.92 Å². The van der Waals surface area contributed by atoms with E-state index in [9.17, 15) is 0 Å². The molecule has 0 spiro atoms. The maximum Gasteiger partial charge on any atom is 0.0410 e. The van der Waals surface area contributed by atoms with E-state index in [2.05, 4.69) is 19.2 Å². The molecule has 0 aliphatic carbocycles. The summed E-state index contributed by atoms with van der Waals surface area (Å²) in [6.45, 7) is 5.30. The van der Waals surface area contributed by atoms with E-state index in [0.717, 1.165) is 11.6 Å². The molecule has 0 radical (unpaired) electrons. The first-order valence-electron chi connectivity index (χ1n) is 4.74. The number of anilines is 1. The van der Waals surface area contributed by atoms with Crippen molar-refractivity contribution in [3.05, 3.63) is 28.8 Å². The number of hydrogen-bond acceptors (Lipinski definition) is 1.